The predicted molar refractivity (Wildman–Crippen MR) is 112 cm³/mol. The van der Waals surface area contributed by atoms with Crippen LogP contribution in [0.3, 0.4) is 0 Å². The van der Waals surface area contributed by atoms with Gasteiger partial charge in [0.15, 0.2) is 4.99 Å². The number of aromatic nitrogens is 1. The fourth-order valence-electron chi connectivity index (χ4n) is 2.84. The third-order valence-corrected chi connectivity index (χ3v) is 4.55. The van der Waals surface area contributed by atoms with Gasteiger partial charge < -0.3 is 20.0 Å². The van der Waals surface area contributed by atoms with Gasteiger partial charge in [-0.15, -0.1) is 0 Å². The molecule has 156 valence electrons. The maximum absolute atomic E-state index is 13.6. The van der Waals surface area contributed by atoms with E-state index in [9.17, 15) is 18.4 Å². The van der Waals surface area contributed by atoms with Gasteiger partial charge in [-0.2, -0.15) is 0 Å². The van der Waals surface area contributed by atoms with Gasteiger partial charge in [-0.05, 0) is 23.8 Å². The Morgan fingerprint density at radius 1 is 1.17 bits per heavy atom. The second kappa shape index (κ2) is 9.42. The lowest BCUT2D eigenvalue weighted by atomic mass is 10.2. The average molecular weight is 432 g/mol. The Morgan fingerprint density at radius 3 is 2.67 bits per heavy atom. The number of anilines is 1. The molecule has 1 heterocycles. The summed E-state index contributed by atoms with van der Waals surface area (Å²) in [4.78, 5) is 23.5. The predicted octanol–water partition coefficient (Wildman–Crippen LogP) is 2.65. The van der Waals surface area contributed by atoms with Gasteiger partial charge in [-0.1, -0.05) is 30.4 Å². The van der Waals surface area contributed by atoms with Crippen LogP contribution in [0.1, 0.15) is 5.56 Å². The third kappa shape index (κ3) is 4.97. The van der Waals surface area contributed by atoms with Crippen molar-refractivity contribution in [2.24, 2.45) is 0 Å². The van der Waals surface area contributed by atoms with E-state index >= 15 is 0 Å². The first-order chi connectivity index (χ1) is 14.4. The zero-order valence-corrected chi connectivity index (χ0v) is 16.7. The number of hydrogen-bond donors (Lipinski definition) is 3. The molecule has 0 radical (unpaired) electrons. The zero-order chi connectivity index (χ0) is 21.7. The molecule has 0 aliphatic rings. The molecule has 0 aliphatic carbocycles. The normalized spacial score (nSPS) is 10.6. The van der Waals surface area contributed by atoms with Crippen LogP contribution in [0.5, 0.6) is 0 Å². The fourth-order valence-corrected chi connectivity index (χ4v) is 2.97. The summed E-state index contributed by atoms with van der Waals surface area (Å²) in [6.07, 6.45) is 1.80. The third-order valence-electron chi connectivity index (χ3n) is 4.26. The first kappa shape index (κ1) is 21.3. The van der Waals surface area contributed by atoms with Crippen molar-refractivity contribution in [3.05, 3.63) is 65.9 Å². The summed E-state index contributed by atoms with van der Waals surface area (Å²) < 4.78 is 33.1. The Bertz CT molecular complexity index is 1120. The van der Waals surface area contributed by atoms with Crippen molar-refractivity contribution >= 4 is 45.7 Å². The van der Waals surface area contributed by atoms with Crippen LogP contribution in [-0.4, -0.2) is 28.5 Å². The molecule has 30 heavy (non-hydrogen) atoms. The van der Waals surface area contributed by atoms with Crippen LogP contribution in [0.25, 0.3) is 10.9 Å². The maximum Gasteiger partial charge on any atom is 0.325 e. The second-order valence-corrected chi connectivity index (χ2v) is 6.67. The molecule has 3 aromatic rings. The van der Waals surface area contributed by atoms with E-state index in [1.165, 1.54) is 7.11 Å². The van der Waals surface area contributed by atoms with E-state index in [-0.39, 0.29) is 29.7 Å². The zero-order valence-electron chi connectivity index (χ0n) is 15.9. The number of halogens is 2. The van der Waals surface area contributed by atoms with Gasteiger partial charge in [-0.25, -0.2) is 14.2 Å². The lowest BCUT2D eigenvalue weighted by Gasteiger charge is -2.10. The number of carbonyl (C=O) groups excluding carboxylic acids is 2. The van der Waals surface area contributed by atoms with E-state index in [0.717, 1.165) is 28.6 Å². The van der Waals surface area contributed by atoms with Crippen LogP contribution in [0.2, 0.25) is 0 Å². The molecule has 3 N–H and O–H groups in total. The monoisotopic (exact) mass is 432 g/mol. The van der Waals surface area contributed by atoms with Crippen LogP contribution in [0.4, 0.5) is 14.5 Å². The summed E-state index contributed by atoms with van der Waals surface area (Å²) in [7, 11) is 1.32. The number of nitrogens with one attached hydrogen (secondary N) is 3. The Balaban J connectivity index is 1.61. The van der Waals surface area contributed by atoms with Crippen molar-refractivity contribution in [1.82, 2.24) is 15.4 Å². The minimum atomic E-state index is -0.905. The van der Waals surface area contributed by atoms with Crippen molar-refractivity contribution in [2.75, 3.05) is 12.4 Å². The molecule has 0 saturated heterocycles. The molecule has 0 atom stereocenters. The van der Waals surface area contributed by atoms with E-state index in [2.05, 4.69) is 16.2 Å². The van der Waals surface area contributed by atoms with Gasteiger partial charge in [-0.3, -0.25) is 9.59 Å². The Hall–Kier alpha value is -3.37. The number of rotatable bonds is 6. The first-order valence-corrected chi connectivity index (χ1v) is 9.22. The van der Waals surface area contributed by atoms with Crippen molar-refractivity contribution in [3.8, 4) is 0 Å². The molecule has 0 saturated carbocycles. The molecule has 0 bridgehead atoms. The summed E-state index contributed by atoms with van der Waals surface area (Å²) in [5, 5.41) is 3.18. The lowest BCUT2D eigenvalue weighted by molar-refractivity contribution is -0.141. The number of amides is 1. The van der Waals surface area contributed by atoms with Crippen LogP contribution < -0.4 is 16.2 Å². The average Bonchev–Trinajstić information content (AvgIpc) is 3.07. The highest BCUT2D eigenvalue weighted by atomic mass is 32.1. The Kier molecular flexibility index (Phi) is 6.70. The van der Waals surface area contributed by atoms with Gasteiger partial charge in [0.25, 0.3) is 5.91 Å². The number of hydrogen-bond acceptors (Lipinski definition) is 5. The molecule has 0 spiro atoms. The smallest absolute Gasteiger partial charge is 0.325 e. The van der Waals surface area contributed by atoms with Gasteiger partial charge in [0.2, 0.25) is 0 Å². The fraction of sp³-hybridized carbons (Fsp3) is 0.150. The van der Waals surface area contributed by atoms with Crippen LogP contribution in [0.15, 0.2) is 48.7 Å². The number of thiocarbonyl (C=S) groups is 1. The summed E-state index contributed by atoms with van der Waals surface area (Å²) >= 11 is 4.99. The van der Waals surface area contributed by atoms with Crippen molar-refractivity contribution in [3.63, 3.8) is 0 Å². The van der Waals surface area contributed by atoms with E-state index in [0.29, 0.717) is 6.07 Å². The molecule has 0 aliphatic heterocycles. The number of para-hydroxylation sites is 1. The number of benzene rings is 2. The number of esters is 1. The van der Waals surface area contributed by atoms with Crippen molar-refractivity contribution < 1.29 is 23.1 Å². The number of nitrogens with zero attached hydrogens (tertiary/aromatic N) is 1. The molecule has 10 heteroatoms. The molecular formula is C20H18F2N4O3S. The molecule has 0 fully saturated rings. The summed E-state index contributed by atoms with van der Waals surface area (Å²) in [6, 6.07) is 10.3. The number of carbonyl (C=O) groups is 2. The molecule has 0 unspecified atom stereocenters. The second-order valence-electron chi connectivity index (χ2n) is 6.26. The highest BCUT2D eigenvalue weighted by molar-refractivity contribution is 7.82. The molecule has 1 aromatic heterocycles. The number of hydrazine groups is 1. The lowest BCUT2D eigenvalue weighted by Crippen LogP contribution is -2.42. The molecule has 2 aromatic carbocycles. The van der Waals surface area contributed by atoms with Gasteiger partial charge in [0, 0.05) is 29.7 Å². The summed E-state index contributed by atoms with van der Waals surface area (Å²) in [5.74, 6) is -2.79. The molecule has 3 rings (SSSR count). The van der Waals surface area contributed by atoms with Gasteiger partial charge in [0.05, 0.1) is 12.8 Å². The van der Waals surface area contributed by atoms with Crippen molar-refractivity contribution in [1.29, 1.82) is 0 Å². The van der Waals surface area contributed by atoms with E-state index < -0.39 is 17.5 Å². The molecule has 7 nitrogen and oxygen atoms in total. The van der Waals surface area contributed by atoms with E-state index in [1.54, 1.807) is 10.8 Å². The van der Waals surface area contributed by atoms with Gasteiger partial charge >= 0.3 is 5.97 Å². The number of fused-ring (bicyclic) bond motifs is 1. The summed E-state index contributed by atoms with van der Waals surface area (Å²) in [5.41, 5.74) is 6.94. The van der Waals surface area contributed by atoms with E-state index in [1.807, 2.05) is 24.3 Å². The quantitative estimate of drug-likeness (QED) is 0.316. The minimum Gasteiger partial charge on any atom is -0.468 e. The van der Waals surface area contributed by atoms with E-state index in [4.69, 9.17) is 17.0 Å². The van der Waals surface area contributed by atoms with Crippen LogP contribution >= 0.6 is 12.2 Å². The van der Waals surface area contributed by atoms with Crippen molar-refractivity contribution in [2.45, 2.75) is 13.1 Å². The Labute approximate surface area is 176 Å². The molecule has 1 amide bonds. The summed E-state index contributed by atoms with van der Waals surface area (Å²) in [6.45, 7) is 0.349. The maximum atomic E-state index is 13.6. The highest BCUT2D eigenvalue weighted by Crippen LogP contribution is 2.21. The number of methoxy groups -OCH3 is 1. The number of ether oxygens (including phenoxy) is 1. The van der Waals surface area contributed by atoms with Crippen LogP contribution in [-0.2, 0) is 27.4 Å². The SMILES string of the molecule is COC(=O)Cn1cc(CNNC(=S)C(=O)Nc2ccc(F)cc2F)c2ccccc21. The van der Waals surface area contributed by atoms with Gasteiger partial charge in [0.1, 0.15) is 18.2 Å². The Morgan fingerprint density at radius 2 is 1.93 bits per heavy atom. The first-order valence-electron chi connectivity index (χ1n) is 8.82. The highest BCUT2D eigenvalue weighted by Gasteiger charge is 2.14. The largest absolute Gasteiger partial charge is 0.468 e. The standard InChI is InChI=1S/C20H18F2N4O3S/c1-29-18(27)11-26-10-12(14-4-2-3-5-17(14)26)9-23-25-20(30)19(28)24-16-7-6-13(21)8-15(16)22/h2-8,10,23H,9,11H2,1H3,(H,24,28)(H,25,30). The molecular weight excluding hydrogens is 414 g/mol. The topological polar surface area (TPSA) is 84.4 Å². The minimum absolute atomic E-state index is 0.0640. The van der Waals surface area contributed by atoms with Crippen LogP contribution in [0, 0.1) is 11.6 Å².